The fourth-order valence-electron chi connectivity index (χ4n) is 1.94. The molecule has 7 nitrogen and oxygen atoms in total. The number of esters is 1. The van der Waals surface area contributed by atoms with E-state index in [0.717, 1.165) is 24.6 Å². The Balaban J connectivity index is 2.50. The van der Waals surface area contributed by atoms with Crippen LogP contribution in [0.15, 0.2) is 17.1 Å². The van der Waals surface area contributed by atoms with Crippen molar-refractivity contribution in [3.8, 4) is 5.75 Å². The van der Waals surface area contributed by atoms with E-state index in [4.69, 9.17) is 0 Å². The molecule has 120 valence electrons. The third-order valence-electron chi connectivity index (χ3n) is 3.12. The van der Waals surface area contributed by atoms with E-state index in [9.17, 15) is 27.6 Å². The molecule has 0 fully saturated rings. The van der Waals surface area contributed by atoms with Gasteiger partial charge in [0.15, 0.2) is 5.69 Å². The summed E-state index contributed by atoms with van der Waals surface area (Å²) in [5.41, 5.74) is 1.30. The van der Waals surface area contributed by atoms with Gasteiger partial charge in [-0.05, 0) is 6.92 Å². The molecule has 1 aliphatic heterocycles. The van der Waals surface area contributed by atoms with E-state index in [2.05, 4.69) is 10.2 Å². The smallest absolute Gasteiger partial charge is 0.408 e. The van der Waals surface area contributed by atoms with Gasteiger partial charge in [-0.3, -0.25) is 19.1 Å². The lowest BCUT2D eigenvalue weighted by atomic mass is 10.2. The maximum absolute atomic E-state index is 12.8. The number of ether oxygens (including phenoxy) is 1. The largest absolute Gasteiger partial charge is 0.420 e. The van der Waals surface area contributed by atoms with Gasteiger partial charge in [0.25, 0.3) is 5.91 Å². The van der Waals surface area contributed by atoms with Crippen molar-refractivity contribution >= 4 is 11.9 Å². The number of hydrogen-bond acceptors (Lipinski definition) is 5. The summed E-state index contributed by atoms with van der Waals surface area (Å²) >= 11 is 0. The van der Waals surface area contributed by atoms with Crippen LogP contribution in [0.4, 0.5) is 13.2 Å². The van der Waals surface area contributed by atoms with Crippen LogP contribution in [0.3, 0.4) is 0 Å². The highest BCUT2D eigenvalue weighted by Crippen LogP contribution is 2.28. The number of carbonyl (C=O) groups is 2. The van der Waals surface area contributed by atoms with Crippen LogP contribution in [0.2, 0.25) is 0 Å². The third-order valence-corrected chi connectivity index (χ3v) is 3.12. The molecule has 22 heavy (non-hydrogen) atoms. The van der Waals surface area contributed by atoms with Crippen molar-refractivity contribution in [2.75, 3.05) is 12.1 Å². The van der Waals surface area contributed by atoms with Gasteiger partial charge in [0, 0.05) is 19.2 Å². The molecule has 2 rings (SSSR count). The average Bonchev–Trinajstić information content (AvgIpc) is 2.40. The van der Waals surface area contributed by atoms with Crippen molar-refractivity contribution in [2.24, 2.45) is 0 Å². The first-order chi connectivity index (χ1) is 10.1. The zero-order chi connectivity index (χ0) is 16.7. The SMILES string of the molecule is CC(=O)Oc1c2n(ccc1=O)NCN(C(C)C(F)(F)F)C2=O. The minimum Gasteiger partial charge on any atom is -0.420 e. The van der Waals surface area contributed by atoms with Crippen molar-refractivity contribution in [2.45, 2.75) is 26.1 Å². The van der Waals surface area contributed by atoms with Gasteiger partial charge in [-0.15, -0.1) is 0 Å². The van der Waals surface area contributed by atoms with Crippen LogP contribution in [-0.4, -0.2) is 40.3 Å². The van der Waals surface area contributed by atoms with Crippen molar-refractivity contribution in [3.63, 3.8) is 0 Å². The Hall–Kier alpha value is -2.52. The number of aromatic nitrogens is 1. The lowest BCUT2D eigenvalue weighted by Crippen LogP contribution is -2.54. The van der Waals surface area contributed by atoms with Crippen LogP contribution < -0.4 is 15.6 Å². The molecule has 1 aromatic heterocycles. The van der Waals surface area contributed by atoms with Gasteiger partial charge in [-0.2, -0.15) is 13.2 Å². The molecule has 1 unspecified atom stereocenters. The lowest BCUT2D eigenvalue weighted by Gasteiger charge is -2.36. The second-order valence-electron chi connectivity index (χ2n) is 4.63. The third kappa shape index (κ3) is 2.76. The van der Waals surface area contributed by atoms with Crippen molar-refractivity contribution in [1.29, 1.82) is 0 Å². The lowest BCUT2D eigenvalue weighted by molar-refractivity contribution is -0.172. The van der Waals surface area contributed by atoms with Gasteiger partial charge >= 0.3 is 12.1 Å². The average molecular weight is 319 g/mol. The van der Waals surface area contributed by atoms with Crippen LogP contribution in [0.25, 0.3) is 0 Å². The minimum atomic E-state index is -4.63. The summed E-state index contributed by atoms with van der Waals surface area (Å²) in [6.45, 7) is 1.43. The summed E-state index contributed by atoms with van der Waals surface area (Å²) in [5.74, 6) is -2.52. The Morgan fingerprint density at radius 3 is 2.59 bits per heavy atom. The molecule has 2 heterocycles. The van der Waals surface area contributed by atoms with E-state index in [1.807, 2.05) is 0 Å². The van der Waals surface area contributed by atoms with Gasteiger partial charge in [-0.1, -0.05) is 0 Å². The molecule has 0 spiro atoms. The Morgan fingerprint density at radius 2 is 2.05 bits per heavy atom. The standard InChI is InChI=1S/C12H12F3N3O4/c1-6(12(13,14)15)17-5-16-18-4-3-8(20)10(22-7(2)19)9(18)11(17)21/h3-4,6,16H,5H2,1-2H3. The van der Waals surface area contributed by atoms with E-state index in [0.29, 0.717) is 4.90 Å². The summed E-state index contributed by atoms with van der Waals surface area (Å²) in [4.78, 5) is 35.6. The number of hydrogen-bond donors (Lipinski definition) is 1. The molecule has 0 saturated carbocycles. The second kappa shape index (κ2) is 5.35. The summed E-state index contributed by atoms with van der Waals surface area (Å²) in [6, 6.07) is -1.04. The fraction of sp³-hybridized carbons (Fsp3) is 0.417. The number of nitrogens with zero attached hydrogens (tertiary/aromatic N) is 2. The Kier molecular flexibility index (Phi) is 3.86. The number of carbonyl (C=O) groups excluding carboxylic acids is 2. The first-order valence-corrected chi connectivity index (χ1v) is 6.18. The molecule has 1 N–H and O–H groups in total. The Morgan fingerprint density at radius 1 is 1.41 bits per heavy atom. The van der Waals surface area contributed by atoms with Crippen molar-refractivity contribution in [1.82, 2.24) is 9.58 Å². The predicted octanol–water partition coefficient (Wildman–Crippen LogP) is 0.681. The Labute approximate surface area is 122 Å². The van der Waals surface area contributed by atoms with Gasteiger partial charge < -0.3 is 15.1 Å². The van der Waals surface area contributed by atoms with E-state index in [1.165, 1.54) is 6.20 Å². The molecule has 1 aliphatic rings. The summed E-state index contributed by atoms with van der Waals surface area (Å²) in [7, 11) is 0. The molecule has 0 saturated heterocycles. The number of rotatable bonds is 2. The van der Waals surface area contributed by atoms with E-state index < -0.39 is 47.6 Å². The van der Waals surface area contributed by atoms with Crippen molar-refractivity contribution in [3.05, 3.63) is 28.2 Å². The van der Waals surface area contributed by atoms with Crippen LogP contribution in [0.1, 0.15) is 24.3 Å². The van der Waals surface area contributed by atoms with Crippen molar-refractivity contribution < 1.29 is 27.5 Å². The normalized spacial score (nSPS) is 15.9. The molecular weight excluding hydrogens is 307 g/mol. The Bertz CT molecular complexity index is 683. The molecule has 0 aromatic carbocycles. The fourth-order valence-corrected chi connectivity index (χ4v) is 1.94. The highest BCUT2D eigenvalue weighted by atomic mass is 19.4. The monoisotopic (exact) mass is 319 g/mol. The number of halogens is 3. The topological polar surface area (TPSA) is 80.6 Å². The highest BCUT2D eigenvalue weighted by molar-refractivity contribution is 5.97. The van der Waals surface area contributed by atoms with E-state index >= 15 is 0 Å². The van der Waals surface area contributed by atoms with Gasteiger partial charge in [0.05, 0.1) is 0 Å². The zero-order valence-electron chi connectivity index (χ0n) is 11.6. The van der Waals surface area contributed by atoms with Crippen LogP contribution in [0, 0.1) is 0 Å². The first-order valence-electron chi connectivity index (χ1n) is 6.18. The molecular formula is C12H12F3N3O4. The van der Waals surface area contributed by atoms with Crippen LogP contribution in [-0.2, 0) is 4.79 Å². The van der Waals surface area contributed by atoms with Gasteiger partial charge in [0.2, 0.25) is 11.2 Å². The van der Waals surface area contributed by atoms with Crippen LogP contribution >= 0.6 is 0 Å². The first kappa shape index (κ1) is 15.9. The number of amides is 1. The predicted molar refractivity (Wildman–Crippen MR) is 67.9 cm³/mol. The number of fused-ring (bicyclic) bond motifs is 1. The quantitative estimate of drug-likeness (QED) is 0.811. The van der Waals surface area contributed by atoms with Gasteiger partial charge in [0.1, 0.15) is 12.7 Å². The maximum atomic E-state index is 12.8. The zero-order valence-corrected chi connectivity index (χ0v) is 11.6. The number of alkyl halides is 3. The van der Waals surface area contributed by atoms with Gasteiger partial charge in [-0.25, -0.2) is 0 Å². The summed E-state index contributed by atoms with van der Waals surface area (Å²) in [5, 5.41) is 0. The maximum Gasteiger partial charge on any atom is 0.408 e. The molecule has 0 bridgehead atoms. The number of pyridine rings is 1. The molecule has 1 amide bonds. The van der Waals surface area contributed by atoms with E-state index in [-0.39, 0.29) is 0 Å². The van der Waals surface area contributed by atoms with Crippen LogP contribution in [0.5, 0.6) is 5.75 Å². The molecule has 0 aliphatic carbocycles. The number of nitrogens with one attached hydrogen (secondary N) is 1. The second-order valence-corrected chi connectivity index (χ2v) is 4.63. The summed E-state index contributed by atoms with van der Waals surface area (Å²) < 4.78 is 44.1. The molecule has 10 heteroatoms. The molecule has 1 atom stereocenters. The van der Waals surface area contributed by atoms with E-state index in [1.54, 1.807) is 0 Å². The summed E-state index contributed by atoms with van der Waals surface area (Å²) in [6.07, 6.45) is -3.45. The molecule has 1 aromatic rings. The highest BCUT2D eigenvalue weighted by Gasteiger charge is 2.44. The minimum absolute atomic E-state index is 0.408. The molecule has 0 radical (unpaired) electrons.